The second-order valence-corrected chi connectivity index (χ2v) is 8.09. The van der Waals surface area contributed by atoms with E-state index in [1.54, 1.807) is 6.92 Å². The lowest BCUT2D eigenvalue weighted by atomic mass is 9.85. The fourth-order valence-corrected chi connectivity index (χ4v) is 4.07. The molecule has 2 rings (SSSR count). The maximum absolute atomic E-state index is 12.8. The molecule has 1 saturated carbocycles. The molecule has 2 aliphatic rings. The summed E-state index contributed by atoms with van der Waals surface area (Å²) in [5.74, 6) is 1.03. The topological polar surface area (TPSA) is 49.4 Å². The minimum Gasteiger partial charge on any atom is -0.331 e. The summed E-state index contributed by atoms with van der Waals surface area (Å²) >= 11 is 0. The number of fused-ring (bicyclic) bond motifs is 1. The van der Waals surface area contributed by atoms with E-state index < -0.39 is 0 Å². The molecule has 1 aliphatic heterocycles. The minimum atomic E-state index is -0.245. The summed E-state index contributed by atoms with van der Waals surface area (Å²) < 4.78 is 0. The molecule has 114 valence electrons. The summed E-state index contributed by atoms with van der Waals surface area (Å²) in [5.41, 5.74) is 0.0550. The van der Waals surface area contributed by atoms with Gasteiger partial charge < -0.3 is 10.2 Å². The molecule has 2 fully saturated rings. The van der Waals surface area contributed by atoms with Crippen LogP contribution in [-0.4, -0.2) is 42.3 Å². The van der Waals surface area contributed by atoms with Crippen molar-refractivity contribution in [3.05, 3.63) is 0 Å². The first-order chi connectivity index (χ1) is 9.03. The molecule has 0 unspecified atom stereocenters. The zero-order valence-corrected chi connectivity index (χ0v) is 13.8. The zero-order valence-electron chi connectivity index (χ0n) is 13.8. The van der Waals surface area contributed by atoms with Crippen LogP contribution in [0.5, 0.6) is 0 Å². The van der Waals surface area contributed by atoms with Crippen molar-refractivity contribution >= 4 is 11.7 Å². The van der Waals surface area contributed by atoms with E-state index in [4.69, 9.17) is 0 Å². The van der Waals surface area contributed by atoms with Gasteiger partial charge in [0.05, 0.1) is 12.1 Å². The number of likely N-dealkylation sites (tertiary alicyclic amines) is 1. The van der Waals surface area contributed by atoms with E-state index >= 15 is 0 Å². The highest BCUT2D eigenvalue weighted by Crippen LogP contribution is 2.65. The summed E-state index contributed by atoms with van der Waals surface area (Å²) in [5, 5.41) is 3.13. The van der Waals surface area contributed by atoms with Crippen molar-refractivity contribution < 1.29 is 9.59 Å². The van der Waals surface area contributed by atoms with Crippen molar-refractivity contribution in [2.75, 3.05) is 13.6 Å². The van der Waals surface area contributed by atoms with E-state index in [2.05, 4.69) is 39.9 Å². The molecule has 4 heteroatoms. The van der Waals surface area contributed by atoms with Gasteiger partial charge in [-0.1, -0.05) is 34.6 Å². The molecule has 1 aliphatic carbocycles. The van der Waals surface area contributed by atoms with Crippen LogP contribution in [0.2, 0.25) is 0 Å². The third-order valence-electron chi connectivity index (χ3n) is 5.31. The number of carbonyl (C=O) groups is 2. The molecule has 1 heterocycles. The number of ketones is 1. The third kappa shape index (κ3) is 2.18. The van der Waals surface area contributed by atoms with E-state index in [9.17, 15) is 9.59 Å². The van der Waals surface area contributed by atoms with Gasteiger partial charge in [0.25, 0.3) is 0 Å². The Kier molecular flexibility index (Phi) is 3.52. The molecular weight excluding hydrogens is 252 g/mol. The smallest absolute Gasteiger partial charge is 0.240 e. The molecule has 4 nitrogen and oxygen atoms in total. The van der Waals surface area contributed by atoms with Crippen LogP contribution in [0.3, 0.4) is 0 Å². The molecule has 0 spiro atoms. The van der Waals surface area contributed by atoms with Gasteiger partial charge in [0, 0.05) is 6.54 Å². The van der Waals surface area contributed by atoms with Crippen molar-refractivity contribution in [1.82, 2.24) is 10.2 Å². The summed E-state index contributed by atoms with van der Waals surface area (Å²) in [6, 6.07) is -0.467. The molecule has 0 radical (unpaired) electrons. The number of hydrogen-bond acceptors (Lipinski definition) is 3. The average molecular weight is 280 g/mol. The fraction of sp³-hybridized carbons (Fsp3) is 0.875. The van der Waals surface area contributed by atoms with E-state index in [1.165, 1.54) is 0 Å². The van der Waals surface area contributed by atoms with Gasteiger partial charge in [-0.3, -0.25) is 9.59 Å². The van der Waals surface area contributed by atoms with Gasteiger partial charge in [0.1, 0.15) is 0 Å². The highest BCUT2D eigenvalue weighted by atomic mass is 16.2. The molecule has 20 heavy (non-hydrogen) atoms. The first-order valence-electron chi connectivity index (χ1n) is 7.51. The van der Waals surface area contributed by atoms with E-state index in [0.717, 1.165) is 6.54 Å². The maximum Gasteiger partial charge on any atom is 0.240 e. The van der Waals surface area contributed by atoms with Crippen LogP contribution in [0.4, 0.5) is 0 Å². The summed E-state index contributed by atoms with van der Waals surface area (Å²) in [6.07, 6.45) is 0. The number of nitrogens with zero attached hydrogens (tertiary/aromatic N) is 1. The Morgan fingerprint density at radius 3 is 2.25 bits per heavy atom. The lowest BCUT2D eigenvalue weighted by molar-refractivity contribution is -0.142. The SMILES string of the molecule is CN[C@H](C(=O)N1C[C@H]2[C@@H]([C@H]1C(C)=O)C2(C)C)C(C)(C)C. The largest absolute Gasteiger partial charge is 0.331 e. The molecule has 0 aromatic carbocycles. The van der Waals surface area contributed by atoms with Crippen LogP contribution >= 0.6 is 0 Å². The molecule has 0 aromatic heterocycles. The molecule has 4 atom stereocenters. The van der Waals surface area contributed by atoms with Crippen LogP contribution in [0.15, 0.2) is 0 Å². The van der Waals surface area contributed by atoms with Crippen LogP contribution in [-0.2, 0) is 9.59 Å². The molecule has 1 N–H and O–H groups in total. The van der Waals surface area contributed by atoms with Gasteiger partial charge >= 0.3 is 0 Å². The standard InChI is InChI=1S/C16H28N2O2/c1-9(19)12-11-10(16(11,5)6)8-18(12)14(20)13(17-7)15(2,3)4/h10-13,17H,8H2,1-7H3/t10-,11-,12+,13+/m0/s1. The van der Waals surface area contributed by atoms with Crippen LogP contribution < -0.4 is 5.32 Å². The van der Waals surface area contributed by atoms with Gasteiger partial charge in [-0.25, -0.2) is 0 Å². The lowest BCUT2D eigenvalue weighted by Gasteiger charge is -2.36. The zero-order chi connectivity index (χ0) is 15.5. The summed E-state index contributed by atoms with van der Waals surface area (Å²) in [4.78, 5) is 26.7. The van der Waals surface area contributed by atoms with Crippen molar-refractivity contribution in [3.63, 3.8) is 0 Å². The normalized spacial score (nSPS) is 32.8. The Morgan fingerprint density at radius 1 is 1.30 bits per heavy atom. The van der Waals surface area contributed by atoms with Crippen LogP contribution in [0, 0.1) is 22.7 Å². The Bertz CT molecular complexity index is 436. The molecule has 0 bridgehead atoms. The number of rotatable bonds is 3. The number of hydrogen-bond donors (Lipinski definition) is 1. The minimum absolute atomic E-state index is 0.0724. The van der Waals surface area contributed by atoms with Crippen molar-refractivity contribution in [1.29, 1.82) is 0 Å². The second kappa shape index (κ2) is 4.55. The van der Waals surface area contributed by atoms with Crippen molar-refractivity contribution in [2.45, 2.75) is 53.6 Å². The predicted octanol–water partition coefficient (Wildman–Crippen LogP) is 1.69. The van der Waals surface area contributed by atoms with Gasteiger partial charge in [-0.2, -0.15) is 0 Å². The number of Topliss-reactive ketones (excluding diaryl/α,β-unsaturated/α-hetero) is 1. The lowest BCUT2D eigenvalue weighted by Crippen LogP contribution is -2.55. The van der Waals surface area contributed by atoms with Gasteiger partial charge in [-0.15, -0.1) is 0 Å². The summed E-state index contributed by atoms with van der Waals surface area (Å²) in [6.45, 7) is 12.9. The number of carbonyl (C=O) groups excluding carboxylic acids is 2. The number of nitrogens with one attached hydrogen (secondary N) is 1. The first kappa shape index (κ1) is 15.5. The predicted molar refractivity (Wildman–Crippen MR) is 79.2 cm³/mol. The average Bonchev–Trinajstić information content (AvgIpc) is 2.70. The Balaban J connectivity index is 2.22. The molecule has 1 amide bonds. The molecular formula is C16H28N2O2. The molecule has 1 saturated heterocycles. The summed E-state index contributed by atoms with van der Waals surface area (Å²) in [7, 11) is 1.82. The van der Waals surface area contributed by atoms with Gasteiger partial charge in [-0.05, 0) is 36.6 Å². The monoisotopic (exact) mass is 280 g/mol. The fourth-order valence-electron chi connectivity index (χ4n) is 4.07. The van der Waals surface area contributed by atoms with Crippen molar-refractivity contribution in [3.8, 4) is 0 Å². The Morgan fingerprint density at radius 2 is 1.85 bits per heavy atom. The highest BCUT2D eigenvalue weighted by Gasteiger charge is 2.68. The quantitative estimate of drug-likeness (QED) is 0.856. The third-order valence-corrected chi connectivity index (χ3v) is 5.31. The van der Waals surface area contributed by atoms with Gasteiger partial charge in [0.15, 0.2) is 5.78 Å². The number of amides is 1. The van der Waals surface area contributed by atoms with E-state index in [1.807, 2.05) is 11.9 Å². The number of piperidine rings is 1. The second-order valence-electron chi connectivity index (χ2n) is 8.09. The van der Waals surface area contributed by atoms with E-state index in [-0.39, 0.29) is 34.6 Å². The van der Waals surface area contributed by atoms with Crippen LogP contribution in [0.1, 0.15) is 41.5 Å². The molecule has 0 aromatic rings. The maximum atomic E-state index is 12.8. The Labute approximate surface area is 122 Å². The van der Waals surface area contributed by atoms with E-state index in [0.29, 0.717) is 11.8 Å². The Hall–Kier alpha value is -0.900. The van der Waals surface area contributed by atoms with Crippen molar-refractivity contribution in [2.24, 2.45) is 22.7 Å². The van der Waals surface area contributed by atoms with Crippen LogP contribution in [0.25, 0.3) is 0 Å². The first-order valence-corrected chi connectivity index (χ1v) is 7.51. The van der Waals surface area contributed by atoms with Gasteiger partial charge in [0.2, 0.25) is 5.91 Å². The number of likely N-dealkylation sites (N-methyl/N-ethyl adjacent to an activating group) is 1. The highest BCUT2D eigenvalue weighted by molar-refractivity contribution is 5.91.